The van der Waals surface area contributed by atoms with Gasteiger partial charge < -0.3 is 10.4 Å². The van der Waals surface area contributed by atoms with Crippen LogP contribution in [0.1, 0.15) is 66.7 Å². The minimum absolute atomic E-state index is 0.250. The van der Waals surface area contributed by atoms with Crippen LogP contribution in [0.15, 0.2) is 0 Å². The van der Waals surface area contributed by atoms with Crippen LogP contribution in [0, 0.1) is 0 Å². The number of hydrogen-bond acceptors (Lipinski definition) is 2. The maximum Gasteiger partial charge on any atom is 0.0402 e. The van der Waals surface area contributed by atoms with Crippen LogP contribution in [0.25, 0.3) is 0 Å². The van der Waals surface area contributed by atoms with Crippen LogP contribution in [0.4, 0.5) is 0 Å². The summed E-state index contributed by atoms with van der Waals surface area (Å²) >= 11 is 0. The third-order valence-corrected chi connectivity index (χ3v) is 1.71. The van der Waals surface area contributed by atoms with Crippen molar-refractivity contribution in [1.29, 1.82) is 0 Å². The average Bonchev–Trinajstić information content (AvgIpc) is 2.22. The summed E-state index contributed by atoms with van der Waals surface area (Å²) in [6, 6.07) is 0. The standard InChI is InChI=1S/C7H16.C4H11N.C2H6O/c1-3-5-7-6-4-2;1-3-5-4-2;1-2-3/h3-7H2,1-2H3;5H,3-4H2,1-2H3;3H,2H2,1H3. The molecular formula is C13H33NO. The summed E-state index contributed by atoms with van der Waals surface area (Å²) in [5.74, 6) is 0. The fraction of sp³-hybridized carbons (Fsp3) is 1.00. The molecule has 0 radical (unpaired) electrons. The first-order valence-corrected chi connectivity index (χ1v) is 6.56. The SMILES string of the molecule is CCCCCCC.CCNCC.CCO. The van der Waals surface area contributed by atoms with Gasteiger partial charge >= 0.3 is 0 Å². The Balaban J connectivity index is -0.000000158. The Hall–Kier alpha value is -0.0800. The minimum Gasteiger partial charge on any atom is -0.397 e. The number of rotatable bonds is 6. The number of nitrogens with one attached hydrogen (secondary N) is 1. The normalized spacial score (nSPS) is 8.40. The molecule has 2 nitrogen and oxygen atoms in total. The highest BCUT2D eigenvalue weighted by Crippen LogP contribution is 2.00. The lowest BCUT2D eigenvalue weighted by atomic mass is 10.2. The molecule has 0 aliphatic rings. The maximum absolute atomic E-state index is 7.57. The van der Waals surface area contributed by atoms with Crippen molar-refractivity contribution >= 4 is 0 Å². The molecule has 0 spiro atoms. The van der Waals surface area contributed by atoms with Gasteiger partial charge in [0.05, 0.1) is 0 Å². The molecule has 0 saturated carbocycles. The molecule has 0 unspecified atom stereocenters. The molecule has 0 fully saturated rings. The molecule has 0 rings (SSSR count). The van der Waals surface area contributed by atoms with Crippen molar-refractivity contribution in [3.8, 4) is 0 Å². The van der Waals surface area contributed by atoms with Crippen molar-refractivity contribution in [2.75, 3.05) is 19.7 Å². The van der Waals surface area contributed by atoms with E-state index in [1.165, 1.54) is 32.1 Å². The monoisotopic (exact) mass is 219 g/mol. The molecular weight excluding hydrogens is 186 g/mol. The Morgan fingerprint density at radius 1 is 0.733 bits per heavy atom. The van der Waals surface area contributed by atoms with E-state index in [0.29, 0.717) is 0 Å². The van der Waals surface area contributed by atoms with Gasteiger partial charge in [-0.05, 0) is 20.0 Å². The number of aliphatic hydroxyl groups excluding tert-OH is 1. The molecule has 0 atom stereocenters. The largest absolute Gasteiger partial charge is 0.397 e. The van der Waals surface area contributed by atoms with E-state index in [4.69, 9.17) is 5.11 Å². The smallest absolute Gasteiger partial charge is 0.0402 e. The Labute approximate surface area is 97.5 Å². The third-order valence-electron chi connectivity index (χ3n) is 1.71. The van der Waals surface area contributed by atoms with Gasteiger partial charge in [-0.15, -0.1) is 0 Å². The van der Waals surface area contributed by atoms with E-state index < -0.39 is 0 Å². The molecule has 0 aliphatic heterocycles. The maximum atomic E-state index is 7.57. The molecule has 0 aromatic heterocycles. The molecule has 0 aromatic rings. The van der Waals surface area contributed by atoms with Crippen molar-refractivity contribution in [3.63, 3.8) is 0 Å². The quantitative estimate of drug-likeness (QED) is 0.669. The Bertz CT molecular complexity index is 61.6. The van der Waals surface area contributed by atoms with Crippen LogP contribution in [0.3, 0.4) is 0 Å². The molecule has 2 heteroatoms. The van der Waals surface area contributed by atoms with E-state index in [-0.39, 0.29) is 6.61 Å². The lowest BCUT2D eigenvalue weighted by Crippen LogP contribution is -2.09. The Morgan fingerprint density at radius 2 is 1.07 bits per heavy atom. The molecule has 0 bridgehead atoms. The van der Waals surface area contributed by atoms with Gasteiger partial charge in [0.1, 0.15) is 0 Å². The van der Waals surface area contributed by atoms with Gasteiger partial charge in [0.2, 0.25) is 0 Å². The second-order valence-electron chi connectivity index (χ2n) is 3.33. The van der Waals surface area contributed by atoms with Crippen molar-refractivity contribution in [1.82, 2.24) is 5.32 Å². The zero-order valence-electron chi connectivity index (χ0n) is 11.6. The lowest BCUT2D eigenvalue weighted by molar-refractivity contribution is 0.318. The average molecular weight is 219 g/mol. The van der Waals surface area contributed by atoms with Crippen LogP contribution in [0.2, 0.25) is 0 Å². The second kappa shape index (κ2) is 29.2. The van der Waals surface area contributed by atoms with Gasteiger partial charge in [-0.3, -0.25) is 0 Å². The first-order chi connectivity index (χ1) is 7.24. The Morgan fingerprint density at radius 3 is 1.20 bits per heavy atom. The highest BCUT2D eigenvalue weighted by Gasteiger charge is 1.80. The summed E-state index contributed by atoms with van der Waals surface area (Å²) in [5.41, 5.74) is 0. The van der Waals surface area contributed by atoms with E-state index in [0.717, 1.165) is 13.1 Å². The van der Waals surface area contributed by atoms with Gasteiger partial charge in [-0.25, -0.2) is 0 Å². The van der Waals surface area contributed by atoms with Gasteiger partial charge in [-0.1, -0.05) is 59.8 Å². The molecule has 0 heterocycles. The predicted molar refractivity (Wildman–Crippen MR) is 71.4 cm³/mol. The van der Waals surface area contributed by atoms with E-state index in [9.17, 15) is 0 Å². The summed E-state index contributed by atoms with van der Waals surface area (Å²) < 4.78 is 0. The summed E-state index contributed by atoms with van der Waals surface area (Å²) in [6.45, 7) is 12.8. The van der Waals surface area contributed by atoms with Crippen molar-refractivity contribution in [2.24, 2.45) is 0 Å². The molecule has 15 heavy (non-hydrogen) atoms. The lowest BCUT2D eigenvalue weighted by Gasteiger charge is -1.90. The van der Waals surface area contributed by atoms with E-state index in [2.05, 4.69) is 33.0 Å². The number of hydrogen-bond donors (Lipinski definition) is 2. The van der Waals surface area contributed by atoms with E-state index in [1.807, 2.05) is 0 Å². The zero-order valence-corrected chi connectivity index (χ0v) is 11.6. The summed E-state index contributed by atoms with van der Waals surface area (Å²) in [7, 11) is 0. The van der Waals surface area contributed by atoms with Gasteiger partial charge in [0, 0.05) is 6.61 Å². The van der Waals surface area contributed by atoms with Crippen LogP contribution >= 0.6 is 0 Å². The van der Waals surface area contributed by atoms with Crippen LogP contribution in [0.5, 0.6) is 0 Å². The number of aliphatic hydroxyl groups is 1. The number of unbranched alkanes of at least 4 members (excludes halogenated alkanes) is 4. The Kier molecular flexibility index (Phi) is 39.6. The van der Waals surface area contributed by atoms with Gasteiger partial charge in [0.25, 0.3) is 0 Å². The van der Waals surface area contributed by atoms with E-state index >= 15 is 0 Å². The molecule has 96 valence electrons. The third kappa shape index (κ3) is 56.4. The fourth-order valence-corrected chi connectivity index (χ4v) is 0.927. The molecule has 0 aromatic carbocycles. The summed E-state index contributed by atoms with van der Waals surface area (Å²) in [4.78, 5) is 0. The highest BCUT2D eigenvalue weighted by atomic mass is 16.2. The van der Waals surface area contributed by atoms with Gasteiger partial charge in [0.15, 0.2) is 0 Å². The first kappa shape index (κ1) is 20.3. The first-order valence-electron chi connectivity index (χ1n) is 6.56. The van der Waals surface area contributed by atoms with Crippen LogP contribution < -0.4 is 5.32 Å². The van der Waals surface area contributed by atoms with Crippen LogP contribution in [-0.4, -0.2) is 24.8 Å². The fourth-order valence-electron chi connectivity index (χ4n) is 0.927. The summed E-state index contributed by atoms with van der Waals surface area (Å²) in [5, 5.41) is 10.7. The van der Waals surface area contributed by atoms with E-state index in [1.54, 1.807) is 6.92 Å². The van der Waals surface area contributed by atoms with Crippen molar-refractivity contribution in [3.05, 3.63) is 0 Å². The van der Waals surface area contributed by atoms with Gasteiger partial charge in [-0.2, -0.15) is 0 Å². The zero-order chi connectivity index (χ0) is 12.4. The molecule has 2 N–H and O–H groups in total. The van der Waals surface area contributed by atoms with Crippen molar-refractivity contribution < 1.29 is 5.11 Å². The summed E-state index contributed by atoms with van der Waals surface area (Å²) in [6.07, 6.45) is 7.01. The van der Waals surface area contributed by atoms with Crippen molar-refractivity contribution in [2.45, 2.75) is 66.7 Å². The topological polar surface area (TPSA) is 32.3 Å². The highest BCUT2D eigenvalue weighted by molar-refractivity contribution is 4.35. The molecule has 0 saturated heterocycles. The predicted octanol–water partition coefficient (Wildman–Crippen LogP) is 3.59. The van der Waals surface area contributed by atoms with Crippen LogP contribution in [-0.2, 0) is 0 Å². The minimum atomic E-state index is 0.250. The molecule has 0 aliphatic carbocycles. The second-order valence-corrected chi connectivity index (χ2v) is 3.33. The molecule has 0 amide bonds.